The number of allylic oxidation sites excluding steroid dienone is 1. The summed E-state index contributed by atoms with van der Waals surface area (Å²) >= 11 is 0. The van der Waals surface area contributed by atoms with E-state index in [0.29, 0.717) is 23.7 Å². The van der Waals surface area contributed by atoms with E-state index in [1.165, 1.54) is 28.1 Å². The van der Waals surface area contributed by atoms with Crippen molar-refractivity contribution >= 4 is 43.9 Å². The smallest absolute Gasteiger partial charge is 0.368 e. The molecule has 1 unspecified atom stereocenters. The van der Waals surface area contributed by atoms with Gasteiger partial charge in [-0.1, -0.05) is 12.1 Å². The van der Waals surface area contributed by atoms with Crippen LogP contribution in [0.15, 0.2) is 70.5 Å². The number of pyridine rings is 1. The van der Waals surface area contributed by atoms with Gasteiger partial charge in [0.05, 0.1) is 6.54 Å². The zero-order chi connectivity index (χ0) is 29.4. The highest BCUT2D eigenvalue weighted by atomic mass is 32.2. The van der Waals surface area contributed by atoms with Crippen LogP contribution in [0.5, 0.6) is 0 Å². The summed E-state index contributed by atoms with van der Waals surface area (Å²) in [6, 6.07) is 10.3. The number of halogens is 3. The summed E-state index contributed by atoms with van der Waals surface area (Å²) in [4.78, 5) is 28.2. The quantitative estimate of drug-likeness (QED) is 0.315. The average Bonchev–Trinajstić information content (AvgIpc) is 3.19. The Morgan fingerprint density at radius 2 is 1.95 bits per heavy atom. The van der Waals surface area contributed by atoms with Gasteiger partial charge in [0.25, 0.3) is 5.56 Å². The molecule has 0 amide bonds. The molecule has 15 heteroatoms. The molecule has 0 spiro atoms. The molecule has 0 aliphatic carbocycles. The Hall–Kier alpha value is -4.24. The van der Waals surface area contributed by atoms with Gasteiger partial charge in [0, 0.05) is 59.4 Å². The van der Waals surface area contributed by atoms with Crippen LogP contribution in [0.25, 0.3) is 16.9 Å². The van der Waals surface area contributed by atoms with E-state index in [1.54, 1.807) is 53.4 Å². The topological polar surface area (TPSA) is 122 Å². The zero-order valence-electron chi connectivity index (χ0n) is 22.3. The van der Waals surface area contributed by atoms with Crippen LogP contribution >= 0.6 is 0 Å². The Morgan fingerprint density at radius 3 is 2.63 bits per heavy atom. The lowest BCUT2D eigenvalue weighted by Crippen LogP contribution is -2.57. The van der Waals surface area contributed by atoms with E-state index in [1.807, 2.05) is 0 Å². The molecule has 1 aliphatic rings. The number of hydrogen-bond acceptors (Lipinski definition) is 9. The third-order valence-electron chi connectivity index (χ3n) is 6.29. The SMILES string of the molecule is C=CCn1c(=O)c2cnc(Nc3ccc(N4CCNC(C(F)(F)F)C4)cc3)nc2n1-c1cccc(N=S(C)(C)=O)n1. The molecule has 1 aliphatic heterocycles. The standard InChI is InChI=1S/C26H28F3N9O2S/c1-4-13-37-24(39)19-15-31-25(34-23(19)38(37)22-7-5-6-21(33-22)35-41(2,3)40)32-17-8-10-18(11-9-17)36-14-12-30-20(16-36)26(27,28)29/h4-11,15,20,30H,1,12-14,16H2,2-3H3,(H,31,32,34). The van der Waals surface area contributed by atoms with Crippen molar-refractivity contribution in [2.24, 2.45) is 4.36 Å². The van der Waals surface area contributed by atoms with Gasteiger partial charge in [-0.2, -0.15) is 22.5 Å². The largest absolute Gasteiger partial charge is 0.405 e. The maximum Gasteiger partial charge on any atom is 0.405 e. The fraction of sp³-hybridized carbons (Fsp3) is 0.308. The first-order valence-corrected chi connectivity index (χ1v) is 14.9. The first-order valence-electron chi connectivity index (χ1n) is 12.6. The summed E-state index contributed by atoms with van der Waals surface area (Å²) in [6.07, 6.45) is 1.66. The highest BCUT2D eigenvalue weighted by Crippen LogP contribution is 2.27. The number of anilines is 3. The van der Waals surface area contributed by atoms with E-state index < -0.39 is 21.9 Å². The van der Waals surface area contributed by atoms with Gasteiger partial charge in [-0.15, -0.1) is 6.58 Å². The molecule has 4 aromatic rings. The minimum Gasteiger partial charge on any atom is -0.368 e. The number of alkyl halides is 3. The summed E-state index contributed by atoms with van der Waals surface area (Å²) in [7, 11) is -2.47. The highest BCUT2D eigenvalue weighted by molar-refractivity contribution is 7.92. The molecule has 5 rings (SSSR count). The van der Waals surface area contributed by atoms with E-state index in [0.717, 1.165) is 0 Å². The number of rotatable bonds is 7. The molecule has 0 radical (unpaired) electrons. The molecule has 1 fully saturated rings. The second-order valence-corrected chi connectivity index (χ2v) is 12.3. The Labute approximate surface area is 233 Å². The van der Waals surface area contributed by atoms with Crippen molar-refractivity contribution in [3.05, 3.63) is 71.7 Å². The first kappa shape index (κ1) is 28.3. The minimum atomic E-state index is -4.32. The van der Waals surface area contributed by atoms with Crippen LogP contribution in [-0.4, -0.2) is 72.9 Å². The Bertz CT molecular complexity index is 1770. The van der Waals surface area contributed by atoms with E-state index in [4.69, 9.17) is 0 Å². The van der Waals surface area contributed by atoms with Gasteiger partial charge in [0.2, 0.25) is 5.95 Å². The van der Waals surface area contributed by atoms with Crippen molar-refractivity contribution in [2.45, 2.75) is 18.8 Å². The van der Waals surface area contributed by atoms with Crippen molar-refractivity contribution in [3.63, 3.8) is 0 Å². The van der Waals surface area contributed by atoms with Crippen LogP contribution in [-0.2, 0) is 16.3 Å². The molecule has 11 nitrogen and oxygen atoms in total. The van der Waals surface area contributed by atoms with Gasteiger partial charge in [-0.05, 0) is 36.4 Å². The van der Waals surface area contributed by atoms with Crippen LogP contribution in [0.1, 0.15) is 0 Å². The summed E-state index contributed by atoms with van der Waals surface area (Å²) in [5, 5.41) is 5.85. The third-order valence-corrected chi connectivity index (χ3v) is 6.91. The summed E-state index contributed by atoms with van der Waals surface area (Å²) in [6.45, 7) is 4.41. The van der Waals surface area contributed by atoms with Gasteiger partial charge in [0.15, 0.2) is 17.3 Å². The van der Waals surface area contributed by atoms with E-state index in [2.05, 4.69) is 36.5 Å². The molecule has 216 valence electrons. The van der Waals surface area contributed by atoms with Crippen LogP contribution in [0.4, 0.5) is 36.3 Å². The number of hydrogen-bond donors (Lipinski definition) is 2. The maximum absolute atomic E-state index is 13.2. The fourth-order valence-electron chi connectivity index (χ4n) is 4.50. The second kappa shape index (κ2) is 11.0. The van der Waals surface area contributed by atoms with Crippen molar-refractivity contribution < 1.29 is 17.4 Å². The summed E-state index contributed by atoms with van der Waals surface area (Å²) in [5.74, 6) is 0.779. The van der Waals surface area contributed by atoms with E-state index in [9.17, 15) is 22.2 Å². The molecule has 2 N–H and O–H groups in total. The van der Waals surface area contributed by atoms with Gasteiger partial charge in [0.1, 0.15) is 11.4 Å². The monoisotopic (exact) mass is 587 g/mol. The van der Waals surface area contributed by atoms with E-state index >= 15 is 0 Å². The fourth-order valence-corrected chi connectivity index (χ4v) is 5.06. The van der Waals surface area contributed by atoms with E-state index in [-0.39, 0.29) is 48.0 Å². The van der Waals surface area contributed by atoms with Crippen LogP contribution in [0.2, 0.25) is 0 Å². The predicted molar refractivity (Wildman–Crippen MR) is 153 cm³/mol. The summed E-state index contributed by atoms with van der Waals surface area (Å²) in [5.41, 5.74) is 1.21. The molecule has 4 heterocycles. The first-order chi connectivity index (χ1) is 19.4. The zero-order valence-corrected chi connectivity index (χ0v) is 23.1. The lowest BCUT2D eigenvalue weighted by Gasteiger charge is -2.36. The number of benzene rings is 1. The average molecular weight is 588 g/mol. The lowest BCUT2D eigenvalue weighted by molar-refractivity contribution is -0.155. The molecule has 1 aromatic carbocycles. The number of aromatic nitrogens is 5. The minimum absolute atomic E-state index is 0.169. The van der Waals surface area contributed by atoms with Gasteiger partial charge in [-0.25, -0.2) is 23.5 Å². The number of nitrogens with one attached hydrogen (secondary N) is 2. The van der Waals surface area contributed by atoms with Crippen molar-refractivity contribution in [2.75, 3.05) is 42.4 Å². The van der Waals surface area contributed by atoms with Gasteiger partial charge >= 0.3 is 6.18 Å². The Balaban J connectivity index is 1.47. The third kappa shape index (κ3) is 6.25. The molecule has 1 atom stereocenters. The van der Waals surface area contributed by atoms with Crippen LogP contribution in [0.3, 0.4) is 0 Å². The van der Waals surface area contributed by atoms with Crippen molar-refractivity contribution in [3.8, 4) is 5.82 Å². The molecular formula is C26H28F3N9O2S. The molecule has 1 saturated heterocycles. The van der Waals surface area contributed by atoms with Crippen molar-refractivity contribution in [1.29, 1.82) is 0 Å². The lowest BCUT2D eigenvalue weighted by atomic mass is 10.1. The number of fused-ring (bicyclic) bond motifs is 1. The number of nitrogens with zero attached hydrogens (tertiary/aromatic N) is 7. The van der Waals surface area contributed by atoms with Crippen LogP contribution in [0, 0.1) is 0 Å². The predicted octanol–water partition coefficient (Wildman–Crippen LogP) is 3.61. The summed E-state index contributed by atoms with van der Waals surface area (Å²) < 4.78 is 58.8. The molecule has 41 heavy (non-hydrogen) atoms. The van der Waals surface area contributed by atoms with Gasteiger partial charge < -0.3 is 15.5 Å². The molecular weight excluding hydrogens is 559 g/mol. The highest BCUT2D eigenvalue weighted by Gasteiger charge is 2.42. The molecule has 3 aromatic heterocycles. The normalized spacial score (nSPS) is 16.1. The molecule has 0 saturated carbocycles. The Morgan fingerprint density at radius 1 is 1.20 bits per heavy atom. The van der Waals surface area contributed by atoms with Crippen molar-refractivity contribution in [1.82, 2.24) is 29.6 Å². The van der Waals surface area contributed by atoms with Gasteiger partial charge in [-0.3, -0.25) is 4.79 Å². The molecule has 0 bridgehead atoms. The number of piperazine rings is 1. The van der Waals surface area contributed by atoms with Crippen LogP contribution < -0.4 is 21.1 Å². The maximum atomic E-state index is 13.2. The Kier molecular flexibility index (Phi) is 7.57. The second-order valence-electron chi connectivity index (χ2n) is 9.71.